The Morgan fingerprint density at radius 3 is 1.71 bits per heavy atom. The lowest BCUT2D eigenvalue weighted by Crippen LogP contribution is -2.53. The fourth-order valence-electron chi connectivity index (χ4n) is 5.60. The van der Waals surface area contributed by atoms with Crippen molar-refractivity contribution in [3.8, 4) is 0 Å². The van der Waals surface area contributed by atoms with Gasteiger partial charge in [-0.2, -0.15) is 0 Å². The smallest absolute Gasteiger partial charge is 0.407 e. The predicted octanol–water partition coefficient (Wildman–Crippen LogP) is 6.31. The van der Waals surface area contributed by atoms with Gasteiger partial charge in [0.2, 0.25) is 17.7 Å². The second kappa shape index (κ2) is 18.6. The number of carbonyl (C=O) groups excluding carboxylic acids is 4. The van der Waals surface area contributed by atoms with Gasteiger partial charge in [-0.25, -0.2) is 4.79 Å². The zero-order valence-electron chi connectivity index (χ0n) is 29.1. The summed E-state index contributed by atoms with van der Waals surface area (Å²) in [7, 11) is 1.59. The second-order valence-electron chi connectivity index (χ2n) is 13.1. The van der Waals surface area contributed by atoms with E-state index in [-0.39, 0.29) is 31.8 Å². The molecule has 0 aliphatic heterocycles. The predicted molar refractivity (Wildman–Crippen MR) is 189 cm³/mol. The van der Waals surface area contributed by atoms with Crippen molar-refractivity contribution in [3.63, 3.8) is 0 Å². The summed E-state index contributed by atoms with van der Waals surface area (Å²) in [6.45, 7) is 7.74. The molecule has 9 heteroatoms. The van der Waals surface area contributed by atoms with Crippen molar-refractivity contribution in [3.05, 3.63) is 108 Å². The van der Waals surface area contributed by atoms with Crippen LogP contribution in [0.25, 0.3) is 0 Å². The molecule has 0 fully saturated rings. The van der Waals surface area contributed by atoms with Gasteiger partial charge >= 0.3 is 6.09 Å². The van der Waals surface area contributed by atoms with Crippen molar-refractivity contribution in [1.29, 1.82) is 0 Å². The topological polar surface area (TPSA) is 117 Å². The van der Waals surface area contributed by atoms with Crippen LogP contribution in [-0.4, -0.2) is 60.5 Å². The highest BCUT2D eigenvalue weighted by Crippen LogP contribution is 2.37. The molecule has 3 aromatic rings. The highest BCUT2D eigenvalue weighted by molar-refractivity contribution is 5.92. The Balaban J connectivity index is 1.87. The zero-order chi connectivity index (χ0) is 35.0. The molecule has 0 radical (unpaired) electrons. The maximum Gasteiger partial charge on any atom is 0.407 e. The van der Waals surface area contributed by atoms with Crippen LogP contribution in [0.5, 0.6) is 0 Å². The SMILES string of the molecule is CCCCCCCC(=O)N[C@H](CC(=O)NC(c1ccccc1)(c1ccccc1)c1ccccc1)C(=O)N(C)CCNC(=O)OC(C)(C)C. The van der Waals surface area contributed by atoms with Crippen molar-refractivity contribution in [2.75, 3.05) is 20.1 Å². The lowest BCUT2D eigenvalue weighted by atomic mass is 9.77. The van der Waals surface area contributed by atoms with Crippen LogP contribution >= 0.6 is 0 Å². The van der Waals surface area contributed by atoms with Crippen LogP contribution in [0.15, 0.2) is 91.0 Å². The third-order valence-corrected chi connectivity index (χ3v) is 7.97. The minimum Gasteiger partial charge on any atom is -0.444 e. The molecule has 258 valence electrons. The molecule has 0 spiro atoms. The van der Waals surface area contributed by atoms with Gasteiger partial charge in [0, 0.05) is 26.6 Å². The molecule has 48 heavy (non-hydrogen) atoms. The van der Waals surface area contributed by atoms with Gasteiger partial charge in [0.05, 0.1) is 6.42 Å². The maximum atomic E-state index is 14.2. The summed E-state index contributed by atoms with van der Waals surface area (Å²) in [5.74, 6) is -1.12. The van der Waals surface area contributed by atoms with E-state index in [1.807, 2.05) is 91.0 Å². The number of likely N-dealkylation sites (N-methyl/N-ethyl adjacent to an activating group) is 1. The first-order valence-corrected chi connectivity index (χ1v) is 16.9. The number of unbranched alkanes of at least 4 members (excludes halogenated alkanes) is 4. The van der Waals surface area contributed by atoms with E-state index < -0.39 is 35.1 Å². The number of benzene rings is 3. The van der Waals surface area contributed by atoms with Crippen LogP contribution in [0.2, 0.25) is 0 Å². The van der Waals surface area contributed by atoms with Gasteiger partial charge < -0.3 is 25.6 Å². The van der Waals surface area contributed by atoms with Crippen LogP contribution in [0.3, 0.4) is 0 Å². The third kappa shape index (κ3) is 11.5. The van der Waals surface area contributed by atoms with Crippen molar-refractivity contribution < 1.29 is 23.9 Å². The molecule has 0 unspecified atom stereocenters. The number of nitrogens with zero attached hydrogens (tertiary/aromatic N) is 1. The fourth-order valence-corrected chi connectivity index (χ4v) is 5.60. The number of rotatable bonds is 17. The van der Waals surface area contributed by atoms with Crippen molar-refractivity contribution in [2.24, 2.45) is 0 Å². The Morgan fingerprint density at radius 2 is 1.23 bits per heavy atom. The largest absolute Gasteiger partial charge is 0.444 e. The minimum atomic E-state index is -1.11. The quantitative estimate of drug-likeness (QED) is 0.116. The molecule has 1 atom stereocenters. The van der Waals surface area contributed by atoms with E-state index in [1.54, 1.807) is 27.8 Å². The molecule has 4 amide bonds. The monoisotopic (exact) mass is 656 g/mol. The zero-order valence-corrected chi connectivity index (χ0v) is 29.1. The van der Waals surface area contributed by atoms with Gasteiger partial charge in [-0.1, -0.05) is 124 Å². The van der Waals surface area contributed by atoms with E-state index in [1.165, 1.54) is 4.90 Å². The first-order chi connectivity index (χ1) is 23.0. The number of ether oxygens (including phenoxy) is 1. The van der Waals surface area contributed by atoms with E-state index in [2.05, 4.69) is 22.9 Å². The van der Waals surface area contributed by atoms with Gasteiger partial charge in [0.1, 0.15) is 17.2 Å². The molecular weight excluding hydrogens is 604 g/mol. The number of hydrogen-bond acceptors (Lipinski definition) is 5. The molecule has 0 saturated heterocycles. The van der Waals surface area contributed by atoms with E-state index in [9.17, 15) is 19.2 Å². The molecule has 3 N–H and O–H groups in total. The standard InChI is InChI=1S/C39H52N4O5/c1-6-7-8-9-19-26-34(44)41-33(36(46)43(5)28-27-40-37(47)48-38(2,3)4)29-35(45)42-39(30-20-13-10-14-21-30,31-22-15-11-16-23-31)32-24-17-12-18-25-32/h10-18,20-25,33H,6-9,19,26-29H2,1-5H3,(H,40,47)(H,41,44)(H,42,45)/t33-/m1/s1. The molecule has 0 aliphatic carbocycles. The molecule has 3 aromatic carbocycles. The average Bonchev–Trinajstić information content (AvgIpc) is 3.06. The molecule has 0 saturated carbocycles. The van der Waals surface area contributed by atoms with Gasteiger partial charge in [-0.3, -0.25) is 14.4 Å². The Bertz CT molecular complexity index is 1340. The van der Waals surface area contributed by atoms with E-state index in [4.69, 9.17) is 4.74 Å². The maximum absolute atomic E-state index is 14.2. The van der Waals surface area contributed by atoms with Gasteiger partial charge in [-0.15, -0.1) is 0 Å². The molecule has 0 aliphatic rings. The van der Waals surface area contributed by atoms with E-state index in [0.29, 0.717) is 6.42 Å². The van der Waals surface area contributed by atoms with Crippen LogP contribution in [0.4, 0.5) is 4.79 Å². The van der Waals surface area contributed by atoms with Crippen molar-refractivity contribution >= 4 is 23.8 Å². The fraction of sp³-hybridized carbons (Fsp3) is 0.436. The Labute approximate surface area is 285 Å². The first-order valence-electron chi connectivity index (χ1n) is 16.9. The Hall–Kier alpha value is -4.66. The Morgan fingerprint density at radius 1 is 0.729 bits per heavy atom. The minimum absolute atomic E-state index is 0.139. The lowest BCUT2D eigenvalue weighted by molar-refractivity contribution is -0.137. The van der Waals surface area contributed by atoms with Crippen LogP contribution in [0.1, 0.15) is 89.3 Å². The number of alkyl carbamates (subject to hydrolysis) is 1. The van der Waals surface area contributed by atoms with E-state index >= 15 is 0 Å². The third-order valence-electron chi connectivity index (χ3n) is 7.97. The number of amides is 4. The summed E-state index contributed by atoms with van der Waals surface area (Å²) >= 11 is 0. The first kappa shape index (κ1) is 37.8. The molecule has 3 rings (SSSR count). The van der Waals surface area contributed by atoms with Crippen LogP contribution in [-0.2, 0) is 24.7 Å². The summed E-state index contributed by atoms with van der Waals surface area (Å²) in [6, 6.07) is 28.0. The van der Waals surface area contributed by atoms with Crippen molar-refractivity contribution in [2.45, 2.75) is 89.8 Å². The van der Waals surface area contributed by atoms with Crippen LogP contribution < -0.4 is 16.0 Å². The summed E-state index contributed by atoms with van der Waals surface area (Å²) in [6.07, 6.45) is 4.27. The Kier molecular flexibility index (Phi) is 14.7. The summed E-state index contributed by atoms with van der Waals surface area (Å²) in [4.78, 5) is 54.6. The highest BCUT2D eigenvalue weighted by Gasteiger charge is 2.39. The number of nitrogens with one attached hydrogen (secondary N) is 3. The summed E-state index contributed by atoms with van der Waals surface area (Å²) in [5.41, 5.74) is 0.820. The van der Waals surface area contributed by atoms with E-state index in [0.717, 1.165) is 42.4 Å². The lowest BCUT2D eigenvalue weighted by Gasteiger charge is -2.37. The van der Waals surface area contributed by atoms with Gasteiger partial charge in [0.25, 0.3) is 0 Å². The second-order valence-corrected chi connectivity index (χ2v) is 13.1. The molecular formula is C39H52N4O5. The normalized spacial score (nSPS) is 12.0. The molecule has 0 heterocycles. The molecule has 9 nitrogen and oxygen atoms in total. The van der Waals surface area contributed by atoms with Gasteiger partial charge in [-0.05, 0) is 43.9 Å². The summed E-state index contributed by atoms with van der Waals surface area (Å²) in [5, 5.41) is 8.79. The number of hydrogen-bond donors (Lipinski definition) is 3. The summed E-state index contributed by atoms with van der Waals surface area (Å²) < 4.78 is 5.29. The van der Waals surface area contributed by atoms with Crippen molar-refractivity contribution in [1.82, 2.24) is 20.9 Å². The highest BCUT2D eigenvalue weighted by atomic mass is 16.6. The molecule has 0 aromatic heterocycles. The average molecular weight is 657 g/mol. The number of carbonyl (C=O) groups is 4. The van der Waals surface area contributed by atoms with Gasteiger partial charge in [0.15, 0.2) is 0 Å². The van der Waals surface area contributed by atoms with Crippen LogP contribution in [0, 0.1) is 0 Å². The molecule has 0 bridgehead atoms.